The molecule has 13 heteroatoms. The first kappa shape index (κ1) is 19.1. The van der Waals surface area contributed by atoms with Gasteiger partial charge in [-0.2, -0.15) is 0 Å². The van der Waals surface area contributed by atoms with Crippen LogP contribution < -0.4 is 0 Å². The number of aliphatic hydroxyl groups is 1. The van der Waals surface area contributed by atoms with Gasteiger partial charge in [-0.1, -0.05) is 0 Å². The predicted molar refractivity (Wildman–Crippen MR) is 74.2 cm³/mol. The molecule has 0 spiro atoms. The number of rotatable bonds is 10. The zero-order valence-electron chi connectivity index (χ0n) is 13.0. The highest BCUT2D eigenvalue weighted by Crippen LogP contribution is 2.37. The van der Waals surface area contributed by atoms with Crippen molar-refractivity contribution < 1.29 is 44.3 Å². The molecule has 142 valence electrons. The smallest absolute Gasteiger partial charge is 0.306 e. The topological polar surface area (TPSA) is 181 Å². The monoisotopic (exact) mass is 366 g/mol. The van der Waals surface area contributed by atoms with Gasteiger partial charge in [0, 0.05) is 5.92 Å². The molecule has 2 aliphatic heterocycles. The van der Waals surface area contributed by atoms with Crippen molar-refractivity contribution in [3.05, 3.63) is 20.2 Å². The van der Waals surface area contributed by atoms with Gasteiger partial charge in [-0.15, -0.1) is 20.2 Å². The fourth-order valence-corrected chi connectivity index (χ4v) is 3.17. The summed E-state index contributed by atoms with van der Waals surface area (Å²) < 4.78 is 10.8. The van der Waals surface area contributed by atoms with Gasteiger partial charge in [0.25, 0.3) is 10.2 Å². The molecular formula is C12H18N2O11. The lowest BCUT2D eigenvalue weighted by molar-refractivity contribution is -0.790. The summed E-state index contributed by atoms with van der Waals surface area (Å²) in [5.41, 5.74) is 0. The Morgan fingerprint density at radius 2 is 1.84 bits per heavy atom. The summed E-state index contributed by atoms with van der Waals surface area (Å²) in [6, 6.07) is 0. The highest BCUT2D eigenvalue weighted by Gasteiger charge is 2.51. The number of carboxylic acids is 1. The Balaban J connectivity index is 1.96. The normalized spacial score (nSPS) is 30.3. The van der Waals surface area contributed by atoms with Crippen LogP contribution in [-0.2, 0) is 23.9 Å². The van der Waals surface area contributed by atoms with Crippen LogP contribution in [0.2, 0.25) is 0 Å². The molecule has 0 amide bonds. The lowest BCUT2D eigenvalue weighted by atomic mass is 9.84. The van der Waals surface area contributed by atoms with E-state index in [1.807, 2.05) is 0 Å². The molecule has 2 N–H and O–H groups in total. The lowest BCUT2D eigenvalue weighted by Gasteiger charge is -2.24. The van der Waals surface area contributed by atoms with Crippen LogP contribution in [0, 0.1) is 32.1 Å². The first-order valence-corrected chi connectivity index (χ1v) is 7.52. The van der Waals surface area contributed by atoms with Crippen LogP contribution in [0.3, 0.4) is 0 Å². The fourth-order valence-electron chi connectivity index (χ4n) is 3.17. The van der Waals surface area contributed by atoms with E-state index in [9.17, 15) is 35.2 Å². The zero-order chi connectivity index (χ0) is 18.6. The van der Waals surface area contributed by atoms with Gasteiger partial charge in [-0.25, -0.2) is 0 Å². The van der Waals surface area contributed by atoms with E-state index in [1.54, 1.807) is 0 Å². The summed E-state index contributed by atoms with van der Waals surface area (Å²) in [5, 5.41) is 37.6. The first-order chi connectivity index (χ1) is 11.8. The van der Waals surface area contributed by atoms with E-state index >= 15 is 0 Å². The summed E-state index contributed by atoms with van der Waals surface area (Å²) in [7, 11) is 0. The Morgan fingerprint density at radius 1 is 1.16 bits per heavy atom. The van der Waals surface area contributed by atoms with Crippen molar-refractivity contribution in [1.29, 1.82) is 0 Å². The second kappa shape index (κ2) is 8.22. The molecule has 2 aliphatic rings. The highest BCUT2D eigenvalue weighted by molar-refractivity contribution is 5.70. The molecule has 0 radical (unpaired) electrons. The van der Waals surface area contributed by atoms with Crippen LogP contribution in [0.1, 0.15) is 12.8 Å². The third kappa shape index (κ3) is 4.87. The van der Waals surface area contributed by atoms with Crippen molar-refractivity contribution in [2.24, 2.45) is 11.8 Å². The minimum absolute atomic E-state index is 0.0436. The van der Waals surface area contributed by atoms with Crippen LogP contribution in [0.15, 0.2) is 0 Å². The summed E-state index contributed by atoms with van der Waals surface area (Å²) in [5.74, 6) is -2.68. The van der Waals surface area contributed by atoms with Crippen LogP contribution in [-0.4, -0.2) is 70.6 Å². The SMILES string of the molecule is O=C(O)C(CC[C@@H](CO[N+](=O)[O-])O[N+](=O)[O-])[C@@H]1CO[C@@H]2C(O)COC12. The van der Waals surface area contributed by atoms with Crippen molar-refractivity contribution in [1.82, 2.24) is 0 Å². The molecule has 2 rings (SSSR count). The van der Waals surface area contributed by atoms with E-state index in [4.69, 9.17) is 9.47 Å². The molecule has 2 saturated heterocycles. The maximum atomic E-state index is 11.6. The number of carboxylic acid groups (broad SMARTS) is 1. The average Bonchev–Trinajstić information content (AvgIpc) is 3.08. The molecule has 0 bridgehead atoms. The van der Waals surface area contributed by atoms with Gasteiger partial charge in [-0.05, 0) is 12.8 Å². The van der Waals surface area contributed by atoms with E-state index in [0.717, 1.165) is 0 Å². The molecule has 2 fully saturated rings. The predicted octanol–water partition coefficient (Wildman–Crippen LogP) is -0.973. The van der Waals surface area contributed by atoms with Crippen LogP contribution in [0.5, 0.6) is 0 Å². The number of aliphatic hydroxyl groups excluding tert-OH is 1. The molecule has 6 atom stereocenters. The number of hydrogen-bond acceptors (Lipinski definition) is 10. The Hall–Kier alpha value is -2.25. The van der Waals surface area contributed by atoms with Crippen molar-refractivity contribution in [2.75, 3.05) is 19.8 Å². The number of aliphatic carboxylic acids is 1. The third-order valence-electron chi connectivity index (χ3n) is 4.30. The first-order valence-electron chi connectivity index (χ1n) is 7.52. The average molecular weight is 366 g/mol. The summed E-state index contributed by atoms with van der Waals surface area (Å²) >= 11 is 0. The maximum Gasteiger partial charge on any atom is 0.306 e. The number of hydrogen-bond donors (Lipinski definition) is 2. The molecule has 0 aromatic carbocycles. The van der Waals surface area contributed by atoms with Crippen LogP contribution in [0.4, 0.5) is 0 Å². The molecule has 13 nitrogen and oxygen atoms in total. The summed E-state index contributed by atoms with van der Waals surface area (Å²) in [6.45, 7) is -0.583. The standard InChI is InChI=1S/C12H18N2O11/c15-9-5-23-10-8(4-22-11(9)10)7(12(16)17)2-1-6(25-14(20)21)3-24-13(18)19/h6-11,15H,1-5H2,(H,16,17)/t6-,7?,8-,9?,10?,11+/m0/s1. The second-order valence-electron chi connectivity index (χ2n) is 5.82. The van der Waals surface area contributed by atoms with Gasteiger partial charge < -0.3 is 29.4 Å². The van der Waals surface area contributed by atoms with Gasteiger partial charge in [0.1, 0.15) is 24.9 Å². The molecule has 0 aromatic heterocycles. The van der Waals surface area contributed by atoms with Crippen molar-refractivity contribution in [3.63, 3.8) is 0 Å². The second-order valence-corrected chi connectivity index (χ2v) is 5.82. The number of nitrogens with zero attached hydrogens (tertiary/aromatic N) is 2. The van der Waals surface area contributed by atoms with Crippen LogP contribution >= 0.6 is 0 Å². The third-order valence-corrected chi connectivity index (χ3v) is 4.30. The van der Waals surface area contributed by atoms with Crippen molar-refractivity contribution >= 4 is 5.97 Å². The number of ether oxygens (including phenoxy) is 2. The molecule has 3 unspecified atom stereocenters. The van der Waals surface area contributed by atoms with E-state index in [1.165, 1.54) is 0 Å². The Labute approximate surface area is 140 Å². The molecular weight excluding hydrogens is 348 g/mol. The summed E-state index contributed by atoms with van der Waals surface area (Å²) in [6.07, 6.45) is -3.51. The quantitative estimate of drug-likeness (QED) is 0.358. The minimum Gasteiger partial charge on any atom is -0.481 e. The largest absolute Gasteiger partial charge is 0.481 e. The minimum atomic E-state index is -1.28. The number of carbonyl (C=O) groups is 1. The lowest BCUT2D eigenvalue weighted by Crippen LogP contribution is -2.36. The highest BCUT2D eigenvalue weighted by atomic mass is 17.0. The van der Waals surface area contributed by atoms with E-state index in [0.29, 0.717) is 0 Å². The van der Waals surface area contributed by atoms with E-state index < -0.39 is 59.0 Å². The Kier molecular flexibility index (Phi) is 6.27. The van der Waals surface area contributed by atoms with Crippen LogP contribution in [0.25, 0.3) is 0 Å². The zero-order valence-corrected chi connectivity index (χ0v) is 13.0. The van der Waals surface area contributed by atoms with Gasteiger partial charge in [-0.3, -0.25) is 4.79 Å². The van der Waals surface area contributed by atoms with Gasteiger partial charge >= 0.3 is 5.97 Å². The maximum absolute atomic E-state index is 11.6. The molecule has 25 heavy (non-hydrogen) atoms. The van der Waals surface area contributed by atoms with Crippen molar-refractivity contribution in [2.45, 2.75) is 37.3 Å². The van der Waals surface area contributed by atoms with Crippen molar-refractivity contribution in [3.8, 4) is 0 Å². The molecule has 0 aromatic rings. The Bertz CT molecular complexity index is 515. The van der Waals surface area contributed by atoms with Gasteiger partial charge in [0.15, 0.2) is 0 Å². The van der Waals surface area contributed by atoms with Gasteiger partial charge in [0.05, 0.1) is 25.2 Å². The Morgan fingerprint density at radius 3 is 2.44 bits per heavy atom. The molecule has 0 saturated carbocycles. The van der Waals surface area contributed by atoms with Gasteiger partial charge in [0.2, 0.25) is 0 Å². The van der Waals surface area contributed by atoms with E-state index in [2.05, 4.69) is 9.68 Å². The molecule has 2 heterocycles. The van der Waals surface area contributed by atoms with E-state index in [-0.39, 0.29) is 26.1 Å². The number of fused-ring (bicyclic) bond motifs is 1. The fraction of sp³-hybridized carbons (Fsp3) is 0.917. The molecule has 0 aliphatic carbocycles. The summed E-state index contributed by atoms with van der Waals surface area (Å²) in [4.78, 5) is 40.6.